The van der Waals surface area contributed by atoms with E-state index in [1.165, 1.54) is 4.31 Å². The van der Waals surface area contributed by atoms with E-state index in [1.807, 2.05) is 61.5 Å². The van der Waals surface area contributed by atoms with Crippen LogP contribution in [0.1, 0.15) is 24.1 Å². The van der Waals surface area contributed by atoms with Crippen LogP contribution in [0.2, 0.25) is 0 Å². The van der Waals surface area contributed by atoms with Gasteiger partial charge in [0.15, 0.2) is 0 Å². The third kappa shape index (κ3) is 6.26. The first kappa shape index (κ1) is 19.6. The lowest BCUT2D eigenvalue weighted by atomic mass is 10.1. The van der Waals surface area contributed by atoms with Crippen LogP contribution < -0.4 is 5.32 Å². The predicted octanol–water partition coefficient (Wildman–Crippen LogP) is 3.09. The molecule has 7 heteroatoms. The molecule has 0 aliphatic heterocycles. The topological polar surface area (TPSA) is 66.5 Å². The molecule has 0 aromatic heterocycles. The fourth-order valence-electron chi connectivity index (χ4n) is 2.38. The summed E-state index contributed by atoms with van der Waals surface area (Å²) in [5, 5.41) is 2.85. The van der Waals surface area contributed by atoms with E-state index < -0.39 is 10.0 Å². The summed E-state index contributed by atoms with van der Waals surface area (Å²) in [6.45, 7) is 1.81. The highest BCUT2D eigenvalue weighted by Crippen LogP contribution is 2.18. The zero-order valence-corrected chi connectivity index (χ0v) is 16.5. The molecular formula is C18H21BrN2O3S. The van der Waals surface area contributed by atoms with E-state index in [1.54, 1.807) is 0 Å². The van der Waals surface area contributed by atoms with Gasteiger partial charge in [-0.15, -0.1) is 0 Å². The Bertz CT molecular complexity index is 825. The second kappa shape index (κ2) is 8.60. The summed E-state index contributed by atoms with van der Waals surface area (Å²) in [4.78, 5) is 12.3. The Labute approximate surface area is 157 Å². The van der Waals surface area contributed by atoms with Gasteiger partial charge in [-0.05, 0) is 30.2 Å². The molecule has 0 saturated carbocycles. The van der Waals surface area contributed by atoms with Gasteiger partial charge >= 0.3 is 0 Å². The van der Waals surface area contributed by atoms with Gasteiger partial charge in [0.05, 0.1) is 18.8 Å². The zero-order valence-electron chi connectivity index (χ0n) is 14.1. The lowest BCUT2D eigenvalue weighted by Gasteiger charge is -2.21. The third-order valence-electron chi connectivity index (χ3n) is 3.72. The van der Waals surface area contributed by atoms with Crippen molar-refractivity contribution in [3.63, 3.8) is 0 Å². The van der Waals surface area contributed by atoms with Gasteiger partial charge in [-0.25, -0.2) is 8.42 Å². The fourth-order valence-corrected chi connectivity index (χ4v) is 3.54. The Hall–Kier alpha value is -1.70. The molecule has 0 aliphatic rings. The molecule has 2 aromatic rings. The molecule has 5 nitrogen and oxygen atoms in total. The number of carbonyl (C=O) groups is 1. The Morgan fingerprint density at radius 1 is 1.16 bits per heavy atom. The minimum atomic E-state index is -3.50. The van der Waals surface area contributed by atoms with Crippen LogP contribution in [0.15, 0.2) is 59.1 Å². The molecule has 0 aliphatic carbocycles. The number of hydrogen-bond acceptors (Lipinski definition) is 3. The molecule has 25 heavy (non-hydrogen) atoms. The molecule has 1 N–H and O–H groups in total. The highest BCUT2D eigenvalue weighted by Gasteiger charge is 2.21. The molecule has 0 heterocycles. The summed E-state index contributed by atoms with van der Waals surface area (Å²) >= 11 is 3.40. The van der Waals surface area contributed by atoms with Crippen molar-refractivity contribution in [1.29, 1.82) is 0 Å². The first-order valence-corrected chi connectivity index (χ1v) is 10.4. The van der Waals surface area contributed by atoms with E-state index in [-0.39, 0.29) is 25.0 Å². The average molecular weight is 425 g/mol. The van der Waals surface area contributed by atoms with E-state index >= 15 is 0 Å². The predicted molar refractivity (Wildman–Crippen MR) is 102 cm³/mol. The van der Waals surface area contributed by atoms with Crippen molar-refractivity contribution >= 4 is 31.9 Å². The maximum absolute atomic E-state index is 12.3. The molecule has 0 spiro atoms. The van der Waals surface area contributed by atoms with Gasteiger partial charge in [-0.2, -0.15) is 4.31 Å². The van der Waals surface area contributed by atoms with Gasteiger partial charge in [-0.1, -0.05) is 58.4 Å². The van der Waals surface area contributed by atoms with Gasteiger partial charge < -0.3 is 5.32 Å². The van der Waals surface area contributed by atoms with Crippen molar-refractivity contribution in [3.8, 4) is 0 Å². The van der Waals surface area contributed by atoms with Crippen LogP contribution in [0.3, 0.4) is 0 Å². The molecule has 0 radical (unpaired) electrons. The van der Waals surface area contributed by atoms with Gasteiger partial charge in [0.2, 0.25) is 15.9 Å². The largest absolute Gasteiger partial charge is 0.348 e. The lowest BCUT2D eigenvalue weighted by molar-refractivity contribution is -0.122. The monoisotopic (exact) mass is 424 g/mol. The standard InChI is InChI=1S/C18H21BrN2O3S/c1-14(16-9-6-10-17(19)11-16)20-18(22)13-21(25(2,23)24)12-15-7-4-3-5-8-15/h3-11,14H,12-13H2,1-2H3,(H,20,22). The zero-order chi connectivity index (χ0) is 18.4. The summed E-state index contributed by atoms with van der Waals surface area (Å²) in [5.41, 5.74) is 1.78. The van der Waals surface area contributed by atoms with Crippen LogP contribution in [0.4, 0.5) is 0 Å². The van der Waals surface area contributed by atoms with Crippen LogP contribution in [0, 0.1) is 0 Å². The molecule has 0 fully saturated rings. The number of sulfonamides is 1. The first-order chi connectivity index (χ1) is 11.8. The normalized spacial score (nSPS) is 12.8. The highest BCUT2D eigenvalue weighted by atomic mass is 79.9. The molecule has 1 atom stereocenters. The molecule has 2 aromatic carbocycles. The summed E-state index contributed by atoms with van der Waals surface area (Å²) in [5.74, 6) is -0.339. The van der Waals surface area contributed by atoms with Crippen molar-refractivity contribution < 1.29 is 13.2 Å². The Kier molecular flexibility index (Phi) is 6.75. The molecule has 134 valence electrons. The molecule has 0 bridgehead atoms. The van der Waals surface area contributed by atoms with Crippen LogP contribution in [-0.2, 0) is 21.4 Å². The van der Waals surface area contributed by atoms with E-state index in [4.69, 9.17) is 0 Å². The van der Waals surface area contributed by atoms with E-state index in [0.29, 0.717) is 0 Å². The average Bonchev–Trinajstić information content (AvgIpc) is 2.54. The smallest absolute Gasteiger partial charge is 0.235 e. The second-order valence-corrected chi connectivity index (χ2v) is 8.76. The highest BCUT2D eigenvalue weighted by molar-refractivity contribution is 9.10. The molecule has 1 unspecified atom stereocenters. The second-order valence-electron chi connectivity index (χ2n) is 5.86. The lowest BCUT2D eigenvalue weighted by Crippen LogP contribution is -2.40. The summed E-state index contributed by atoms with van der Waals surface area (Å²) in [6, 6.07) is 16.6. The van der Waals surface area contributed by atoms with Crippen molar-refractivity contribution in [2.75, 3.05) is 12.8 Å². The number of nitrogens with zero attached hydrogens (tertiary/aromatic N) is 1. The van der Waals surface area contributed by atoms with E-state index in [9.17, 15) is 13.2 Å². The number of amides is 1. The maximum Gasteiger partial charge on any atom is 0.235 e. The number of carbonyl (C=O) groups excluding carboxylic acids is 1. The Morgan fingerprint density at radius 3 is 2.44 bits per heavy atom. The van der Waals surface area contributed by atoms with E-state index in [0.717, 1.165) is 21.9 Å². The van der Waals surface area contributed by atoms with Gasteiger partial charge in [0, 0.05) is 11.0 Å². The molecular weight excluding hydrogens is 404 g/mol. The Balaban J connectivity index is 2.04. The first-order valence-electron chi connectivity index (χ1n) is 7.79. The van der Waals surface area contributed by atoms with Crippen LogP contribution in [-0.4, -0.2) is 31.4 Å². The van der Waals surface area contributed by atoms with Crippen LogP contribution in [0.25, 0.3) is 0 Å². The maximum atomic E-state index is 12.3. The van der Waals surface area contributed by atoms with Crippen molar-refractivity contribution in [2.24, 2.45) is 0 Å². The van der Waals surface area contributed by atoms with Crippen LogP contribution in [0.5, 0.6) is 0 Å². The summed E-state index contributed by atoms with van der Waals surface area (Å²) in [6.07, 6.45) is 1.11. The number of rotatable bonds is 7. The number of benzene rings is 2. The van der Waals surface area contributed by atoms with Crippen molar-refractivity contribution in [1.82, 2.24) is 9.62 Å². The van der Waals surface area contributed by atoms with E-state index in [2.05, 4.69) is 21.2 Å². The van der Waals surface area contributed by atoms with Gasteiger partial charge in [-0.3, -0.25) is 4.79 Å². The Morgan fingerprint density at radius 2 is 1.84 bits per heavy atom. The van der Waals surface area contributed by atoms with Crippen LogP contribution >= 0.6 is 15.9 Å². The minimum absolute atomic E-state index is 0.165. The third-order valence-corrected chi connectivity index (χ3v) is 5.41. The number of nitrogens with one attached hydrogen (secondary N) is 1. The number of halogens is 1. The fraction of sp³-hybridized carbons (Fsp3) is 0.278. The summed E-state index contributed by atoms with van der Waals surface area (Å²) in [7, 11) is -3.50. The van der Waals surface area contributed by atoms with Crippen molar-refractivity contribution in [2.45, 2.75) is 19.5 Å². The molecule has 2 rings (SSSR count). The quantitative estimate of drug-likeness (QED) is 0.742. The minimum Gasteiger partial charge on any atom is -0.348 e. The summed E-state index contributed by atoms with van der Waals surface area (Å²) < 4.78 is 26.1. The number of hydrogen-bond donors (Lipinski definition) is 1. The van der Waals surface area contributed by atoms with Gasteiger partial charge in [0.1, 0.15) is 0 Å². The van der Waals surface area contributed by atoms with Crippen molar-refractivity contribution in [3.05, 3.63) is 70.2 Å². The molecule has 0 saturated heterocycles. The van der Waals surface area contributed by atoms with Gasteiger partial charge in [0.25, 0.3) is 0 Å². The molecule has 1 amide bonds. The SMILES string of the molecule is CC(NC(=O)CN(Cc1ccccc1)S(C)(=O)=O)c1cccc(Br)c1.